The molecule has 2 N–H and O–H groups in total. The normalized spacial score (nSPS) is 27.5. The summed E-state index contributed by atoms with van der Waals surface area (Å²) in [5.74, 6) is 0.851. The highest BCUT2D eigenvalue weighted by Crippen LogP contribution is 2.23. The number of ether oxygens (including phenoxy) is 2. The van der Waals surface area contributed by atoms with Crippen LogP contribution in [-0.2, 0) is 22.6 Å². The van der Waals surface area contributed by atoms with Crippen LogP contribution in [0.3, 0.4) is 0 Å². The lowest BCUT2D eigenvalue weighted by molar-refractivity contribution is -0.0704. The summed E-state index contributed by atoms with van der Waals surface area (Å²) in [4.78, 5) is 7.23. The number of rotatable bonds is 7. The Balaban J connectivity index is 0.00000320. The van der Waals surface area contributed by atoms with E-state index in [1.165, 1.54) is 11.1 Å². The summed E-state index contributed by atoms with van der Waals surface area (Å²) in [7, 11) is 0. The molecular weight excluding hydrogens is 491 g/mol. The topological polar surface area (TPSA) is 58.1 Å². The number of halogens is 1. The second-order valence-electron chi connectivity index (χ2n) is 8.72. The molecule has 7 heteroatoms. The van der Waals surface area contributed by atoms with Crippen LogP contribution in [-0.4, -0.2) is 61.5 Å². The Labute approximate surface area is 199 Å². The highest BCUT2D eigenvalue weighted by molar-refractivity contribution is 14.0. The quantitative estimate of drug-likeness (QED) is 0.321. The van der Waals surface area contributed by atoms with Crippen LogP contribution in [0.15, 0.2) is 29.3 Å². The van der Waals surface area contributed by atoms with Gasteiger partial charge in [-0.15, -0.1) is 24.0 Å². The minimum absolute atomic E-state index is 0. The third kappa shape index (κ3) is 7.98. The second kappa shape index (κ2) is 12.2. The van der Waals surface area contributed by atoms with Crippen molar-refractivity contribution in [2.24, 2.45) is 4.99 Å². The number of hydrogen-bond donors (Lipinski definition) is 2. The summed E-state index contributed by atoms with van der Waals surface area (Å²) in [6.45, 7) is 14.7. The Bertz CT molecular complexity index is 652. The number of nitrogens with one attached hydrogen (secondary N) is 2. The highest BCUT2D eigenvalue weighted by atomic mass is 127. The molecule has 0 spiro atoms. The Hall–Kier alpha value is -0.900. The van der Waals surface area contributed by atoms with Crippen LogP contribution in [0, 0.1) is 0 Å². The lowest BCUT2D eigenvalue weighted by Gasteiger charge is -2.35. The SMILES string of the molecule is CCNC(=NCc1ccc(CN2CC(C)OC(C)C2)cc1)NCC1(C)CCCO1.I. The monoisotopic (exact) mass is 530 g/mol. The Kier molecular flexibility index (Phi) is 10.3. The van der Waals surface area contributed by atoms with Crippen molar-refractivity contribution < 1.29 is 9.47 Å². The molecule has 0 aromatic heterocycles. The van der Waals surface area contributed by atoms with Crippen LogP contribution in [0.4, 0.5) is 0 Å². The van der Waals surface area contributed by atoms with Crippen LogP contribution in [0.2, 0.25) is 0 Å². The maximum atomic E-state index is 5.86. The van der Waals surface area contributed by atoms with Crippen LogP contribution in [0.25, 0.3) is 0 Å². The number of benzene rings is 1. The predicted molar refractivity (Wildman–Crippen MR) is 134 cm³/mol. The van der Waals surface area contributed by atoms with Crippen LogP contribution in [0.1, 0.15) is 51.7 Å². The minimum atomic E-state index is -0.0771. The van der Waals surface area contributed by atoms with E-state index in [0.29, 0.717) is 18.8 Å². The molecule has 6 nitrogen and oxygen atoms in total. The number of morpholine rings is 1. The molecule has 0 saturated carbocycles. The molecule has 170 valence electrons. The molecular formula is C23H39IN4O2. The predicted octanol–water partition coefficient (Wildman–Crippen LogP) is 3.54. The fourth-order valence-electron chi connectivity index (χ4n) is 4.18. The first-order chi connectivity index (χ1) is 14.0. The molecule has 3 unspecified atom stereocenters. The van der Waals surface area contributed by atoms with Gasteiger partial charge in [0.1, 0.15) is 0 Å². The van der Waals surface area contributed by atoms with Crippen molar-refractivity contribution in [2.45, 2.75) is 71.4 Å². The van der Waals surface area contributed by atoms with E-state index in [2.05, 4.69) is 67.5 Å². The van der Waals surface area contributed by atoms with Crippen molar-refractivity contribution in [1.29, 1.82) is 0 Å². The molecule has 1 aromatic rings. The Morgan fingerprint density at radius 1 is 1.13 bits per heavy atom. The first-order valence-electron chi connectivity index (χ1n) is 11.1. The summed E-state index contributed by atoms with van der Waals surface area (Å²) in [6.07, 6.45) is 2.85. The van der Waals surface area contributed by atoms with Crippen LogP contribution in [0.5, 0.6) is 0 Å². The van der Waals surface area contributed by atoms with E-state index in [9.17, 15) is 0 Å². The second-order valence-corrected chi connectivity index (χ2v) is 8.72. The summed E-state index contributed by atoms with van der Waals surface area (Å²) >= 11 is 0. The molecule has 2 fully saturated rings. The maximum absolute atomic E-state index is 5.86. The minimum Gasteiger partial charge on any atom is -0.373 e. The molecule has 3 atom stereocenters. The highest BCUT2D eigenvalue weighted by Gasteiger charge is 2.29. The van der Waals surface area contributed by atoms with Crippen molar-refractivity contribution in [1.82, 2.24) is 15.5 Å². The van der Waals surface area contributed by atoms with Gasteiger partial charge in [-0.3, -0.25) is 4.90 Å². The molecule has 2 aliphatic rings. The Morgan fingerprint density at radius 3 is 2.40 bits per heavy atom. The van der Waals surface area contributed by atoms with Crippen molar-refractivity contribution in [2.75, 3.05) is 32.8 Å². The van der Waals surface area contributed by atoms with Gasteiger partial charge in [-0.2, -0.15) is 0 Å². The zero-order valence-corrected chi connectivity index (χ0v) is 21.3. The number of aliphatic imine (C=N–C) groups is 1. The number of nitrogens with zero attached hydrogens (tertiary/aromatic N) is 2. The van der Waals surface area contributed by atoms with E-state index >= 15 is 0 Å². The van der Waals surface area contributed by atoms with Crippen molar-refractivity contribution >= 4 is 29.9 Å². The molecule has 0 bridgehead atoms. The standard InChI is InChI=1S/C23H38N4O2.HI/c1-5-24-22(26-17-23(4)11-6-12-28-23)25-13-20-7-9-21(10-8-20)16-27-14-18(2)29-19(3)15-27;/h7-10,18-19H,5-6,11-17H2,1-4H3,(H2,24,25,26);1H. The average molecular weight is 530 g/mol. The van der Waals surface area contributed by atoms with Crippen LogP contribution < -0.4 is 10.6 Å². The van der Waals surface area contributed by atoms with Gasteiger partial charge in [0.25, 0.3) is 0 Å². The van der Waals surface area contributed by atoms with E-state index in [0.717, 1.165) is 58.1 Å². The van der Waals surface area contributed by atoms with Gasteiger partial charge in [-0.1, -0.05) is 24.3 Å². The van der Waals surface area contributed by atoms with Gasteiger partial charge >= 0.3 is 0 Å². The molecule has 2 heterocycles. The molecule has 0 aliphatic carbocycles. The average Bonchev–Trinajstić information content (AvgIpc) is 3.11. The molecule has 2 saturated heterocycles. The third-order valence-electron chi connectivity index (χ3n) is 5.62. The molecule has 0 radical (unpaired) electrons. The molecule has 30 heavy (non-hydrogen) atoms. The largest absolute Gasteiger partial charge is 0.373 e. The van der Waals surface area contributed by atoms with Gasteiger partial charge in [-0.25, -0.2) is 4.99 Å². The van der Waals surface area contributed by atoms with Gasteiger partial charge in [-0.05, 0) is 51.7 Å². The molecule has 2 aliphatic heterocycles. The van der Waals surface area contributed by atoms with E-state index in [1.807, 2.05) is 0 Å². The smallest absolute Gasteiger partial charge is 0.191 e. The number of hydrogen-bond acceptors (Lipinski definition) is 4. The fraction of sp³-hybridized carbons (Fsp3) is 0.696. The summed E-state index contributed by atoms with van der Waals surface area (Å²) in [5, 5.41) is 6.78. The van der Waals surface area contributed by atoms with Gasteiger partial charge < -0.3 is 20.1 Å². The first kappa shape index (κ1) is 25.4. The first-order valence-corrected chi connectivity index (χ1v) is 11.1. The van der Waals surface area contributed by atoms with E-state index in [1.54, 1.807) is 0 Å². The van der Waals surface area contributed by atoms with Crippen molar-refractivity contribution in [3.05, 3.63) is 35.4 Å². The van der Waals surface area contributed by atoms with E-state index in [-0.39, 0.29) is 29.6 Å². The van der Waals surface area contributed by atoms with Crippen molar-refractivity contribution in [3.8, 4) is 0 Å². The lowest BCUT2D eigenvalue weighted by Crippen LogP contribution is -2.45. The molecule has 1 aromatic carbocycles. The van der Waals surface area contributed by atoms with Gasteiger partial charge in [0.05, 0.1) is 24.4 Å². The summed E-state index contributed by atoms with van der Waals surface area (Å²) in [5.41, 5.74) is 2.49. The van der Waals surface area contributed by atoms with Gasteiger partial charge in [0.2, 0.25) is 0 Å². The summed E-state index contributed by atoms with van der Waals surface area (Å²) < 4.78 is 11.7. The van der Waals surface area contributed by atoms with Gasteiger partial charge in [0.15, 0.2) is 5.96 Å². The number of guanidine groups is 1. The molecule has 3 rings (SSSR count). The Morgan fingerprint density at radius 2 is 1.80 bits per heavy atom. The maximum Gasteiger partial charge on any atom is 0.191 e. The zero-order valence-electron chi connectivity index (χ0n) is 18.9. The summed E-state index contributed by atoms with van der Waals surface area (Å²) in [6, 6.07) is 8.83. The molecule has 0 amide bonds. The lowest BCUT2D eigenvalue weighted by atomic mass is 10.0. The fourth-order valence-corrected chi connectivity index (χ4v) is 4.18. The zero-order chi connectivity index (χ0) is 20.7. The van der Waals surface area contributed by atoms with Crippen LogP contribution >= 0.6 is 24.0 Å². The van der Waals surface area contributed by atoms with Gasteiger partial charge in [0, 0.05) is 39.3 Å². The van der Waals surface area contributed by atoms with E-state index in [4.69, 9.17) is 14.5 Å². The van der Waals surface area contributed by atoms with Crippen molar-refractivity contribution in [3.63, 3.8) is 0 Å². The van der Waals surface area contributed by atoms with E-state index < -0.39 is 0 Å². The third-order valence-corrected chi connectivity index (χ3v) is 5.62.